The molecule has 2 aliphatic heterocycles. The molecule has 0 bridgehead atoms. The van der Waals surface area contributed by atoms with Crippen molar-refractivity contribution < 1.29 is 9.47 Å². The normalized spacial score (nSPS) is 20.4. The first-order chi connectivity index (χ1) is 14.6. The zero-order valence-electron chi connectivity index (χ0n) is 19.2. The molecule has 0 radical (unpaired) electrons. The van der Waals surface area contributed by atoms with Crippen molar-refractivity contribution in [1.29, 1.82) is 0 Å². The van der Waals surface area contributed by atoms with E-state index in [9.17, 15) is 0 Å². The number of benzene rings is 1. The van der Waals surface area contributed by atoms with Crippen LogP contribution < -0.4 is 20.1 Å². The van der Waals surface area contributed by atoms with Crippen LogP contribution in [0.25, 0.3) is 0 Å². The summed E-state index contributed by atoms with van der Waals surface area (Å²) in [5.74, 6) is 2.74. The van der Waals surface area contributed by atoms with Gasteiger partial charge in [-0.1, -0.05) is 0 Å². The van der Waals surface area contributed by atoms with Gasteiger partial charge < -0.3 is 29.9 Å². The largest absolute Gasteiger partial charge is 0.494 e. The highest BCUT2D eigenvalue weighted by molar-refractivity contribution is 5.79. The van der Waals surface area contributed by atoms with Gasteiger partial charge in [-0.15, -0.1) is 0 Å². The van der Waals surface area contributed by atoms with Gasteiger partial charge in [0.1, 0.15) is 17.6 Å². The van der Waals surface area contributed by atoms with Crippen molar-refractivity contribution in [3.63, 3.8) is 0 Å². The molecule has 0 spiro atoms. The first-order valence-electron chi connectivity index (χ1n) is 11.4. The van der Waals surface area contributed by atoms with Gasteiger partial charge in [0.15, 0.2) is 5.96 Å². The molecule has 168 valence electrons. The van der Waals surface area contributed by atoms with Crippen molar-refractivity contribution in [1.82, 2.24) is 20.4 Å². The van der Waals surface area contributed by atoms with E-state index in [1.165, 1.54) is 38.2 Å². The predicted octanol–water partition coefficient (Wildman–Crippen LogP) is 2.10. The number of likely N-dealkylation sites (N-methyl/N-ethyl adjacent to an activating group) is 1. The first-order valence-corrected chi connectivity index (χ1v) is 11.4. The molecule has 2 heterocycles. The van der Waals surface area contributed by atoms with Crippen LogP contribution >= 0.6 is 0 Å². The fourth-order valence-electron chi connectivity index (χ4n) is 4.14. The first kappa shape index (κ1) is 22.7. The van der Waals surface area contributed by atoms with Gasteiger partial charge >= 0.3 is 0 Å². The third-order valence-corrected chi connectivity index (χ3v) is 5.80. The number of aliphatic imine (C=N–C) groups is 1. The summed E-state index contributed by atoms with van der Waals surface area (Å²) < 4.78 is 11.8. The lowest BCUT2D eigenvalue weighted by Gasteiger charge is -2.20. The molecule has 2 aliphatic rings. The van der Waals surface area contributed by atoms with Gasteiger partial charge in [0.2, 0.25) is 0 Å². The molecule has 1 aromatic rings. The number of ether oxygens (including phenoxy) is 2. The van der Waals surface area contributed by atoms with Crippen molar-refractivity contribution in [2.24, 2.45) is 4.99 Å². The minimum absolute atomic E-state index is 0.233. The second kappa shape index (κ2) is 11.4. The number of rotatable bonds is 8. The second-order valence-electron chi connectivity index (χ2n) is 8.34. The Bertz CT molecular complexity index is 709. The highest BCUT2D eigenvalue weighted by Crippen LogP contribution is 2.35. The molecule has 2 N–H and O–H groups in total. The third kappa shape index (κ3) is 6.51. The number of nitrogens with one attached hydrogen (secondary N) is 2. The monoisotopic (exact) mass is 417 g/mol. The number of guanidine groups is 1. The van der Waals surface area contributed by atoms with Crippen LogP contribution in [0.5, 0.6) is 11.5 Å². The minimum Gasteiger partial charge on any atom is -0.494 e. The predicted molar refractivity (Wildman–Crippen MR) is 123 cm³/mol. The zero-order valence-corrected chi connectivity index (χ0v) is 19.2. The molecule has 1 atom stereocenters. The van der Waals surface area contributed by atoms with Crippen LogP contribution in [0.2, 0.25) is 0 Å². The maximum absolute atomic E-state index is 5.93. The van der Waals surface area contributed by atoms with Crippen molar-refractivity contribution in [2.75, 3.05) is 60.0 Å². The van der Waals surface area contributed by atoms with Gasteiger partial charge in [0.05, 0.1) is 6.61 Å². The summed E-state index contributed by atoms with van der Waals surface area (Å²) in [5, 5.41) is 6.87. The Labute approximate surface area is 181 Å². The molecule has 1 fully saturated rings. The van der Waals surface area contributed by atoms with Gasteiger partial charge in [-0.3, -0.25) is 4.99 Å². The summed E-state index contributed by atoms with van der Waals surface area (Å²) in [6.45, 7) is 12.2. The summed E-state index contributed by atoms with van der Waals surface area (Å²) in [7, 11) is 4.03. The van der Waals surface area contributed by atoms with E-state index < -0.39 is 0 Å². The van der Waals surface area contributed by atoms with Gasteiger partial charge in [-0.05, 0) is 65.5 Å². The molecular weight excluding hydrogens is 378 g/mol. The zero-order chi connectivity index (χ0) is 21.3. The van der Waals surface area contributed by atoms with Gasteiger partial charge in [-0.25, -0.2) is 0 Å². The molecule has 7 heteroatoms. The van der Waals surface area contributed by atoms with Gasteiger partial charge in [0, 0.05) is 50.8 Å². The molecule has 1 saturated heterocycles. The number of hydrogen-bond acceptors (Lipinski definition) is 5. The molecule has 30 heavy (non-hydrogen) atoms. The lowest BCUT2D eigenvalue weighted by atomic mass is 10.1. The Hall–Kier alpha value is -1.99. The van der Waals surface area contributed by atoms with E-state index in [1.807, 2.05) is 14.0 Å². The van der Waals surface area contributed by atoms with E-state index in [2.05, 4.69) is 51.5 Å². The topological polar surface area (TPSA) is 61.4 Å². The SMILES string of the molecule is CCOc1cc2c(cc1CNC(=NC)NCCCN1CCCN(C)CC1)OC(C)C2. The Morgan fingerprint density at radius 2 is 2.10 bits per heavy atom. The van der Waals surface area contributed by atoms with Crippen molar-refractivity contribution in [2.45, 2.75) is 45.8 Å². The van der Waals surface area contributed by atoms with E-state index in [0.29, 0.717) is 13.2 Å². The van der Waals surface area contributed by atoms with E-state index in [0.717, 1.165) is 49.0 Å². The molecular formula is C23H39N5O2. The van der Waals surface area contributed by atoms with Crippen LogP contribution in [0.3, 0.4) is 0 Å². The molecule has 7 nitrogen and oxygen atoms in total. The Kier molecular flexibility index (Phi) is 8.63. The number of nitrogens with zero attached hydrogens (tertiary/aromatic N) is 3. The third-order valence-electron chi connectivity index (χ3n) is 5.80. The lowest BCUT2D eigenvalue weighted by molar-refractivity contribution is 0.254. The average Bonchev–Trinajstić information content (AvgIpc) is 2.96. The van der Waals surface area contributed by atoms with E-state index in [1.54, 1.807) is 0 Å². The highest BCUT2D eigenvalue weighted by atomic mass is 16.5. The summed E-state index contributed by atoms with van der Waals surface area (Å²) in [4.78, 5) is 9.37. The summed E-state index contributed by atoms with van der Waals surface area (Å²) in [5.41, 5.74) is 2.33. The molecule has 0 aromatic heterocycles. The number of fused-ring (bicyclic) bond motifs is 1. The van der Waals surface area contributed by atoms with Gasteiger partial charge in [0.25, 0.3) is 0 Å². The molecule has 0 amide bonds. The maximum atomic E-state index is 5.93. The van der Waals surface area contributed by atoms with Gasteiger partial charge in [-0.2, -0.15) is 0 Å². The van der Waals surface area contributed by atoms with Crippen LogP contribution in [-0.4, -0.2) is 81.8 Å². The van der Waals surface area contributed by atoms with Crippen LogP contribution in [0.15, 0.2) is 17.1 Å². The molecule has 0 aliphatic carbocycles. The standard InChI is InChI=1S/C23H39N5O2/c1-5-29-21-15-19-14-18(2)30-22(19)16-20(21)17-26-23(24-3)25-8-6-10-28-11-7-9-27(4)12-13-28/h15-16,18H,5-14,17H2,1-4H3,(H2,24,25,26). The molecule has 0 saturated carbocycles. The maximum Gasteiger partial charge on any atom is 0.191 e. The van der Waals surface area contributed by atoms with Crippen LogP contribution in [0, 0.1) is 0 Å². The smallest absolute Gasteiger partial charge is 0.191 e. The highest BCUT2D eigenvalue weighted by Gasteiger charge is 2.22. The lowest BCUT2D eigenvalue weighted by Crippen LogP contribution is -2.38. The summed E-state index contributed by atoms with van der Waals surface area (Å²) in [6.07, 6.45) is 3.55. The summed E-state index contributed by atoms with van der Waals surface area (Å²) >= 11 is 0. The fraction of sp³-hybridized carbons (Fsp3) is 0.696. The number of hydrogen-bond donors (Lipinski definition) is 2. The van der Waals surface area contributed by atoms with Crippen LogP contribution in [0.4, 0.5) is 0 Å². The minimum atomic E-state index is 0.233. The second-order valence-corrected chi connectivity index (χ2v) is 8.34. The van der Waals surface area contributed by atoms with E-state index in [-0.39, 0.29) is 6.10 Å². The van der Waals surface area contributed by atoms with Crippen LogP contribution in [-0.2, 0) is 13.0 Å². The Morgan fingerprint density at radius 3 is 2.90 bits per heavy atom. The average molecular weight is 418 g/mol. The molecule has 1 aromatic carbocycles. The van der Waals surface area contributed by atoms with Crippen LogP contribution in [0.1, 0.15) is 37.8 Å². The van der Waals surface area contributed by atoms with Crippen molar-refractivity contribution >= 4 is 5.96 Å². The summed E-state index contributed by atoms with van der Waals surface area (Å²) in [6, 6.07) is 4.24. The van der Waals surface area contributed by atoms with E-state index in [4.69, 9.17) is 9.47 Å². The van der Waals surface area contributed by atoms with Crippen molar-refractivity contribution in [3.05, 3.63) is 23.3 Å². The Morgan fingerprint density at radius 1 is 1.23 bits per heavy atom. The quantitative estimate of drug-likeness (QED) is 0.384. The Balaban J connectivity index is 1.45. The van der Waals surface area contributed by atoms with Crippen molar-refractivity contribution in [3.8, 4) is 11.5 Å². The van der Waals surface area contributed by atoms with E-state index >= 15 is 0 Å². The fourth-order valence-corrected chi connectivity index (χ4v) is 4.14. The molecule has 3 rings (SSSR count). The molecule has 1 unspecified atom stereocenters.